The number of hydrogen-bond donors (Lipinski definition) is 1. The van der Waals surface area contributed by atoms with E-state index in [2.05, 4.69) is 0 Å². The highest BCUT2D eigenvalue weighted by molar-refractivity contribution is 7.89. The van der Waals surface area contributed by atoms with Crippen LogP contribution in [0.1, 0.15) is 18.9 Å². The highest BCUT2D eigenvalue weighted by Gasteiger charge is 2.21. The summed E-state index contributed by atoms with van der Waals surface area (Å²) in [5, 5.41) is 13.8. The molecule has 92 valence electrons. The summed E-state index contributed by atoms with van der Waals surface area (Å²) < 4.78 is 40.8. The Morgan fingerprint density at radius 2 is 2.18 bits per heavy atom. The predicted molar refractivity (Wildman–Crippen MR) is 58.3 cm³/mol. The average Bonchev–Trinajstić information content (AvgIpc) is 2.25. The van der Waals surface area contributed by atoms with Crippen LogP contribution in [0.4, 0.5) is 4.39 Å². The first-order chi connectivity index (χ1) is 7.91. The molecule has 0 aliphatic rings. The summed E-state index contributed by atoms with van der Waals surface area (Å²) in [6.07, 6.45) is 0.601. The molecule has 0 bridgehead atoms. The molecule has 0 heterocycles. The monoisotopic (exact) mass is 258 g/mol. The van der Waals surface area contributed by atoms with Crippen LogP contribution in [0.3, 0.4) is 0 Å². The predicted octanol–water partition coefficient (Wildman–Crippen LogP) is 1.13. The van der Waals surface area contributed by atoms with Crippen molar-refractivity contribution in [3.05, 3.63) is 23.5 Å². The first kappa shape index (κ1) is 13.4. The molecule has 5 nitrogen and oxygen atoms in total. The minimum atomic E-state index is -4.08. The maximum Gasteiger partial charge on any atom is 0.239 e. The van der Waals surface area contributed by atoms with Crippen LogP contribution in [0.2, 0.25) is 0 Å². The molecule has 1 aromatic carbocycles. The molecule has 0 aliphatic carbocycles. The second kappa shape index (κ2) is 5.12. The topological polar surface area (TPSA) is 93.2 Å². The minimum Gasteiger partial charge on any atom is -0.489 e. The van der Waals surface area contributed by atoms with Crippen molar-refractivity contribution in [3.63, 3.8) is 0 Å². The third-order valence-corrected chi connectivity index (χ3v) is 2.89. The minimum absolute atomic E-state index is 0.180. The van der Waals surface area contributed by atoms with Crippen LogP contribution in [0.5, 0.6) is 5.75 Å². The molecule has 1 aromatic rings. The summed E-state index contributed by atoms with van der Waals surface area (Å²) >= 11 is 0. The largest absolute Gasteiger partial charge is 0.489 e. The van der Waals surface area contributed by atoms with Crippen LogP contribution < -0.4 is 9.88 Å². The van der Waals surface area contributed by atoms with Crippen molar-refractivity contribution in [2.75, 3.05) is 6.61 Å². The van der Waals surface area contributed by atoms with E-state index in [9.17, 15) is 12.8 Å². The molecule has 0 saturated heterocycles. The Hall–Kier alpha value is -1.65. The van der Waals surface area contributed by atoms with E-state index in [1.807, 2.05) is 0 Å². The molecule has 0 aromatic heterocycles. The SMILES string of the molecule is CCCOc1c(F)ccc(S(N)(=O)=O)c1C#N. The van der Waals surface area contributed by atoms with E-state index in [4.69, 9.17) is 15.1 Å². The van der Waals surface area contributed by atoms with Gasteiger partial charge in [-0.05, 0) is 18.6 Å². The van der Waals surface area contributed by atoms with Crippen LogP contribution in [-0.2, 0) is 10.0 Å². The average molecular weight is 258 g/mol. The molecule has 0 radical (unpaired) electrons. The number of primary sulfonamides is 1. The number of halogens is 1. The number of hydrogen-bond acceptors (Lipinski definition) is 4. The fourth-order valence-corrected chi connectivity index (χ4v) is 1.91. The van der Waals surface area contributed by atoms with Gasteiger partial charge in [0.1, 0.15) is 16.5 Å². The molecule has 17 heavy (non-hydrogen) atoms. The van der Waals surface area contributed by atoms with Crippen LogP contribution in [0, 0.1) is 17.1 Å². The van der Waals surface area contributed by atoms with Gasteiger partial charge in [-0.15, -0.1) is 0 Å². The van der Waals surface area contributed by atoms with E-state index in [0.29, 0.717) is 6.42 Å². The number of nitrogens with two attached hydrogens (primary N) is 1. The van der Waals surface area contributed by atoms with E-state index in [0.717, 1.165) is 12.1 Å². The zero-order chi connectivity index (χ0) is 13.1. The van der Waals surface area contributed by atoms with Gasteiger partial charge in [0, 0.05) is 0 Å². The lowest BCUT2D eigenvalue weighted by Crippen LogP contribution is -2.15. The maximum absolute atomic E-state index is 13.4. The van der Waals surface area contributed by atoms with Crippen LogP contribution in [0.15, 0.2) is 17.0 Å². The third-order valence-electron chi connectivity index (χ3n) is 1.94. The molecule has 0 aliphatic heterocycles. The van der Waals surface area contributed by atoms with Gasteiger partial charge in [-0.2, -0.15) is 5.26 Å². The Morgan fingerprint density at radius 3 is 2.65 bits per heavy atom. The molecule has 2 N–H and O–H groups in total. The molecule has 0 fully saturated rings. The van der Waals surface area contributed by atoms with Crippen molar-refractivity contribution >= 4 is 10.0 Å². The van der Waals surface area contributed by atoms with E-state index >= 15 is 0 Å². The Bertz CT molecular complexity index is 564. The summed E-state index contributed by atoms with van der Waals surface area (Å²) in [5.41, 5.74) is -0.402. The van der Waals surface area contributed by atoms with Crippen molar-refractivity contribution in [3.8, 4) is 11.8 Å². The van der Waals surface area contributed by atoms with Crippen LogP contribution in [0.25, 0.3) is 0 Å². The number of nitrogens with zero attached hydrogens (tertiary/aromatic N) is 1. The van der Waals surface area contributed by atoms with Crippen molar-refractivity contribution < 1.29 is 17.5 Å². The van der Waals surface area contributed by atoms with Gasteiger partial charge < -0.3 is 4.74 Å². The fourth-order valence-electron chi connectivity index (χ4n) is 1.23. The van der Waals surface area contributed by atoms with Crippen LogP contribution >= 0.6 is 0 Å². The van der Waals surface area contributed by atoms with E-state index in [1.165, 1.54) is 0 Å². The summed E-state index contributed by atoms with van der Waals surface area (Å²) in [6, 6.07) is 3.45. The highest BCUT2D eigenvalue weighted by atomic mass is 32.2. The molecule has 0 saturated carbocycles. The highest BCUT2D eigenvalue weighted by Crippen LogP contribution is 2.28. The van der Waals surface area contributed by atoms with Crippen molar-refractivity contribution in [2.45, 2.75) is 18.2 Å². The Balaban J connectivity index is 3.44. The van der Waals surface area contributed by atoms with Crippen molar-refractivity contribution in [2.24, 2.45) is 5.14 Å². The molecule has 7 heteroatoms. The van der Waals surface area contributed by atoms with Gasteiger partial charge in [0.25, 0.3) is 0 Å². The first-order valence-electron chi connectivity index (χ1n) is 4.80. The number of rotatable bonds is 4. The van der Waals surface area contributed by atoms with Gasteiger partial charge >= 0.3 is 0 Å². The third kappa shape index (κ3) is 2.93. The summed E-state index contributed by atoms with van der Waals surface area (Å²) in [5.74, 6) is -1.16. The summed E-state index contributed by atoms with van der Waals surface area (Å²) in [7, 11) is -4.08. The second-order valence-electron chi connectivity index (χ2n) is 3.25. The Morgan fingerprint density at radius 1 is 1.53 bits per heavy atom. The Labute approximate surface area is 98.7 Å². The standard InChI is InChI=1S/C10H11FN2O3S/c1-2-5-16-10-7(6-12)9(17(13,14)15)4-3-8(10)11/h3-4H,2,5H2,1H3,(H2,13,14,15). The molecule has 0 amide bonds. The molecular weight excluding hydrogens is 247 g/mol. The zero-order valence-electron chi connectivity index (χ0n) is 9.10. The fraction of sp³-hybridized carbons (Fsp3) is 0.300. The van der Waals surface area contributed by atoms with E-state index < -0.39 is 26.3 Å². The quantitative estimate of drug-likeness (QED) is 0.876. The molecule has 0 spiro atoms. The van der Waals surface area contributed by atoms with Gasteiger partial charge in [0.15, 0.2) is 11.6 Å². The summed E-state index contributed by atoms with van der Waals surface area (Å²) in [4.78, 5) is -0.437. The van der Waals surface area contributed by atoms with Gasteiger partial charge in [-0.1, -0.05) is 6.92 Å². The zero-order valence-corrected chi connectivity index (χ0v) is 9.92. The van der Waals surface area contributed by atoms with Crippen LogP contribution in [-0.4, -0.2) is 15.0 Å². The molecule has 0 unspecified atom stereocenters. The van der Waals surface area contributed by atoms with Gasteiger partial charge in [-0.25, -0.2) is 17.9 Å². The lowest BCUT2D eigenvalue weighted by Gasteiger charge is -2.10. The summed E-state index contributed by atoms with van der Waals surface area (Å²) in [6.45, 7) is 1.98. The second-order valence-corrected chi connectivity index (χ2v) is 4.78. The molecule has 0 atom stereocenters. The normalized spacial score (nSPS) is 10.9. The Kier molecular flexibility index (Phi) is 4.04. The van der Waals surface area contributed by atoms with Gasteiger partial charge in [0.05, 0.1) is 6.61 Å². The maximum atomic E-state index is 13.4. The smallest absolute Gasteiger partial charge is 0.239 e. The lowest BCUT2D eigenvalue weighted by molar-refractivity contribution is 0.299. The molecule has 1 rings (SSSR count). The number of nitriles is 1. The molecular formula is C10H11FN2O3S. The van der Waals surface area contributed by atoms with Crippen molar-refractivity contribution in [1.29, 1.82) is 5.26 Å². The van der Waals surface area contributed by atoms with E-state index in [1.54, 1.807) is 13.0 Å². The van der Waals surface area contributed by atoms with E-state index in [-0.39, 0.29) is 12.4 Å². The number of ether oxygens (including phenoxy) is 1. The van der Waals surface area contributed by atoms with Gasteiger partial charge in [-0.3, -0.25) is 0 Å². The number of sulfonamides is 1. The first-order valence-corrected chi connectivity index (χ1v) is 6.34. The number of benzene rings is 1. The van der Waals surface area contributed by atoms with Gasteiger partial charge in [0.2, 0.25) is 10.0 Å². The van der Waals surface area contributed by atoms with Crippen molar-refractivity contribution in [1.82, 2.24) is 0 Å². The lowest BCUT2D eigenvalue weighted by atomic mass is 10.2.